The number of carbonyl (C=O) groups is 1. The molecule has 3 aromatic rings. The number of carbonyl (C=O) groups excluding carboxylic acids is 1. The minimum atomic E-state index is -0.253. The second-order valence-electron chi connectivity index (χ2n) is 5.77. The molecule has 3 aromatic heterocycles. The number of nitrogens with zero attached hydrogens (tertiary/aromatic N) is 5. The van der Waals surface area contributed by atoms with Crippen molar-refractivity contribution in [2.24, 2.45) is 7.05 Å². The van der Waals surface area contributed by atoms with Crippen LogP contribution in [0, 0.1) is 6.92 Å². The van der Waals surface area contributed by atoms with Crippen LogP contribution in [0.4, 0.5) is 5.82 Å². The van der Waals surface area contributed by atoms with Gasteiger partial charge in [-0.15, -0.1) is 0 Å². The summed E-state index contributed by atoms with van der Waals surface area (Å²) in [5.41, 5.74) is 4.80. The first-order valence-corrected chi connectivity index (χ1v) is 7.74. The Bertz CT molecular complexity index is 946. The van der Waals surface area contributed by atoms with E-state index in [-0.39, 0.29) is 5.91 Å². The van der Waals surface area contributed by atoms with Crippen LogP contribution in [0.2, 0.25) is 0 Å². The zero-order valence-corrected chi connectivity index (χ0v) is 13.4. The first-order valence-electron chi connectivity index (χ1n) is 7.74. The maximum atomic E-state index is 12.7. The van der Waals surface area contributed by atoms with E-state index < -0.39 is 0 Å². The van der Waals surface area contributed by atoms with Gasteiger partial charge in [0.25, 0.3) is 5.91 Å². The van der Waals surface area contributed by atoms with E-state index in [9.17, 15) is 4.79 Å². The molecule has 0 bridgehead atoms. The molecule has 0 atom stereocenters. The van der Waals surface area contributed by atoms with Gasteiger partial charge in [0.2, 0.25) is 0 Å². The molecule has 0 spiro atoms. The molecule has 0 saturated heterocycles. The SMILES string of the molecule is Cc1cccc(NC(=O)c2nn(C)c3c2CCc2nccnc2-3)n1. The summed E-state index contributed by atoms with van der Waals surface area (Å²) < 4.78 is 1.71. The molecule has 120 valence electrons. The lowest BCUT2D eigenvalue weighted by molar-refractivity contribution is 0.102. The van der Waals surface area contributed by atoms with E-state index in [0.717, 1.165) is 41.2 Å². The Morgan fingerprint density at radius 3 is 2.88 bits per heavy atom. The van der Waals surface area contributed by atoms with Crippen molar-refractivity contribution in [2.45, 2.75) is 19.8 Å². The van der Waals surface area contributed by atoms with E-state index in [4.69, 9.17) is 0 Å². The van der Waals surface area contributed by atoms with E-state index in [2.05, 4.69) is 25.4 Å². The van der Waals surface area contributed by atoms with Crippen LogP contribution in [0.5, 0.6) is 0 Å². The van der Waals surface area contributed by atoms with Gasteiger partial charge in [0.15, 0.2) is 5.69 Å². The maximum Gasteiger partial charge on any atom is 0.277 e. The average Bonchev–Trinajstić information content (AvgIpc) is 2.92. The molecular formula is C17H16N6O. The fourth-order valence-corrected chi connectivity index (χ4v) is 3.06. The van der Waals surface area contributed by atoms with Crippen LogP contribution in [0.25, 0.3) is 11.4 Å². The topological polar surface area (TPSA) is 85.6 Å². The van der Waals surface area contributed by atoms with Gasteiger partial charge in [0, 0.05) is 30.7 Å². The molecule has 0 aliphatic heterocycles. The van der Waals surface area contributed by atoms with Crippen LogP contribution in [0.3, 0.4) is 0 Å². The number of hydrogen-bond acceptors (Lipinski definition) is 5. The van der Waals surface area contributed by atoms with Gasteiger partial charge >= 0.3 is 0 Å². The lowest BCUT2D eigenvalue weighted by Gasteiger charge is -2.15. The predicted octanol–water partition coefficient (Wildman–Crippen LogP) is 1.93. The van der Waals surface area contributed by atoms with Crippen LogP contribution in [0.15, 0.2) is 30.6 Å². The number of pyridine rings is 1. The Hall–Kier alpha value is -3.09. The van der Waals surface area contributed by atoms with Crippen molar-refractivity contribution in [3.8, 4) is 11.4 Å². The predicted molar refractivity (Wildman–Crippen MR) is 88.6 cm³/mol. The van der Waals surface area contributed by atoms with Gasteiger partial charge in [-0.1, -0.05) is 6.07 Å². The summed E-state index contributed by atoms with van der Waals surface area (Å²) in [6.07, 6.45) is 4.83. The number of hydrogen-bond donors (Lipinski definition) is 1. The van der Waals surface area contributed by atoms with Crippen molar-refractivity contribution in [3.05, 3.63) is 53.2 Å². The van der Waals surface area contributed by atoms with Gasteiger partial charge in [-0.2, -0.15) is 5.10 Å². The van der Waals surface area contributed by atoms with Gasteiger partial charge in [0.1, 0.15) is 11.5 Å². The molecule has 0 fully saturated rings. The van der Waals surface area contributed by atoms with Crippen molar-refractivity contribution < 1.29 is 4.79 Å². The van der Waals surface area contributed by atoms with Gasteiger partial charge in [-0.3, -0.25) is 19.4 Å². The molecule has 7 nitrogen and oxygen atoms in total. The Morgan fingerprint density at radius 1 is 1.21 bits per heavy atom. The molecule has 0 unspecified atom stereocenters. The van der Waals surface area contributed by atoms with Crippen LogP contribution < -0.4 is 5.32 Å². The standard InChI is InChI=1S/C17H16N6O/c1-10-4-3-5-13(20-10)21-17(24)14-11-6-7-12-15(19-9-8-18-12)16(11)23(2)22-14/h3-5,8-9H,6-7H2,1-2H3,(H,20,21,24). The van der Waals surface area contributed by atoms with E-state index in [1.807, 2.05) is 26.1 Å². The third-order valence-corrected chi connectivity index (χ3v) is 4.10. The summed E-state index contributed by atoms with van der Waals surface area (Å²) in [4.78, 5) is 25.8. The highest BCUT2D eigenvalue weighted by Gasteiger charge is 2.28. The fraction of sp³-hybridized carbons (Fsp3) is 0.235. The number of amides is 1. The summed E-state index contributed by atoms with van der Waals surface area (Å²) in [7, 11) is 1.82. The highest BCUT2D eigenvalue weighted by atomic mass is 16.2. The quantitative estimate of drug-likeness (QED) is 0.780. The Kier molecular flexibility index (Phi) is 3.34. The molecule has 24 heavy (non-hydrogen) atoms. The molecule has 1 amide bonds. The number of aromatic nitrogens is 5. The monoisotopic (exact) mass is 320 g/mol. The van der Waals surface area contributed by atoms with E-state index in [1.54, 1.807) is 23.1 Å². The van der Waals surface area contributed by atoms with E-state index >= 15 is 0 Å². The lowest BCUT2D eigenvalue weighted by Crippen LogP contribution is -2.17. The van der Waals surface area contributed by atoms with E-state index in [1.165, 1.54) is 0 Å². The lowest BCUT2D eigenvalue weighted by atomic mass is 9.95. The number of aryl methyl sites for hydroxylation is 3. The van der Waals surface area contributed by atoms with Gasteiger partial charge in [-0.25, -0.2) is 4.98 Å². The first kappa shape index (κ1) is 14.5. The summed E-state index contributed by atoms with van der Waals surface area (Å²) >= 11 is 0. The molecule has 0 aromatic carbocycles. The first-order chi connectivity index (χ1) is 11.6. The zero-order chi connectivity index (χ0) is 16.7. The van der Waals surface area contributed by atoms with Crippen molar-refractivity contribution in [1.82, 2.24) is 24.7 Å². The van der Waals surface area contributed by atoms with Crippen molar-refractivity contribution in [3.63, 3.8) is 0 Å². The second-order valence-corrected chi connectivity index (χ2v) is 5.77. The van der Waals surface area contributed by atoms with E-state index in [0.29, 0.717) is 11.5 Å². The van der Waals surface area contributed by atoms with Crippen molar-refractivity contribution in [2.75, 3.05) is 5.32 Å². The third-order valence-electron chi connectivity index (χ3n) is 4.10. The molecule has 7 heteroatoms. The smallest absolute Gasteiger partial charge is 0.277 e. The van der Waals surface area contributed by atoms with Crippen LogP contribution in [-0.4, -0.2) is 30.6 Å². The third kappa shape index (κ3) is 2.34. The fourth-order valence-electron chi connectivity index (χ4n) is 3.06. The molecule has 1 aliphatic rings. The highest BCUT2D eigenvalue weighted by Crippen LogP contribution is 2.32. The summed E-state index contributed by atoms with van der Waals surface area (Å²) in [5, 5.41) is 7.24. The Labute approximate surface area is 138 Å². The number of rotatable bonds is 2. The molecule has 3 heterocycles. The normalized spacial score (nSPS) is 12.4. The average molecular weight is 320 g/mol. The maximum absolute atomic E-state index is 12.7. The summed E-state index contributed by atoms with van der Waals surface area (Å²) in [5.74, 6) is 0.271. The largest absolute Gasteiger partial charge is 0.305 e. The molecular weight excluding hydrogens is 304 g/mol. The number of nitrogens with one attached hydrogen (secondary N) is 1. The minimum Gasteiger partial charge on any atom is -0.305 e. The molecule has 1 N–H and O–H groups in total. The van der Waals surface area contributed by atoms with Crippen molar-refractivity contribution >= 4 is 11.7 Å². The zero-order valence-electron chi connectivity index (χ0n) is 13.4. The Balaban J connectivity index is 1.72. The van der Waals surface area contributed by atoms with Crippen LogP contribution in [-0.2, 0) is 19.9 Å². The highest BCUT2D eigenvalue weighted by molar-refractivity contribution is 6.04. The summed E-state index contributed by atoms with van der Waals surface area (Å²) in [6.45, 7) is 1.88. The van der Waals surface area contributed by atoms with Crippen molar-refractivity contribution in [1.29, 1.82) is 0 Å². The van der Waals surface area contributed by atoms with Crippen LogP contribution >= 0.6 is 0 Å². The van der Waals surface area contributed by atoms with Gasteiger partial charge in [-0.05, 0) is 31.9 Å². The molecule has 1 aliphatic carbocycles. The summed E-state index contributed by atoms with van der Waals surface area (Å²) in [6, 6.07) is 5.51. The number of fused-ring (bicyclic) bond motifs is 3. The van der Waals surface area contributed by atoms with Crippen LogP contribution in [0.1, 0.15) is 27.4 Å². The molecule has 0 radical (unpaired) electrons. The second kappa shape index (κ2) is 5.52. The Morgan fingerprint density at radius 2 is 2.04 bits per heavy atom. The van der Waals surface area contributed by atoms with Gasteiger partial charge in [0.05, 0.1) is 11.4 Å². The molecule has 4 rings (SSSR count). The number of anilines is 1. The molecule has 0 saturated carbocycles. The minimum absolute atomic E-state index is 0.253. The van der Waals surface area contributed by atoms with Gasteiger partial charge < -0.3 is 5.32 Å².